The lowest BCUT2D eigenvalue weighted by atomic mass is 9.90. The number of hydrogen-bond donors (Lipinski definition) is 0. The van der Waals surface area contributed by atoms with Gasteiger partial charge in [-0.3, -0.25) is 4.79 Å². The van der Waals surface area contributed by atoms with Crippen molar-refractivity contribution in [2.45, 2.75) is 19.3 Å². The quantitative estimate of drug-likeness (QED) is 0.733. The first-order valence-corrected chi connectivity index (χ1v) is 6.22. The molecule has 17 heavy (non-hydrogen) atoms. The Morgan fingerprint density at radius 1 is 1.18 bits per heavy atom. The predicted octanol–water partition coefficient (Wildman–Crippen LogP) is 2.23. The molecule has 3 rings (SSSR count). The van der Waals surface area contributed by atoms with Crippen LogP contribution in [0.2, 0.25) is 0 Å². The van der Waals surface area contributed by atoms with Gasteiger partial charge in [0.15, 0.2) is 5.78 Å². The average molecular weight is 232 g/mol. The van der Waals surface area contributed by atoms with Crippen LogP contribution in [0.5, 0.6) is 5.75 Å². The lowest BCUT2D eigenvalue weighted by Crippen LogP contribution is -2.23. The molecule has 0 amide bonds. The van der Waals surface area contributed by atoms with E-state index < -0.39 is 0 Å². The maximum atomic E-state index is 12.3. The van der Waals surface area contributed by atoms with Gasteiger partial charge in [0.1, 0.15) is 5.75 Å². The summed E-state index contributed by atoms with van der Waals surface area (Å²) in [4.78, 5) is 12.3. The van der Waals surface area contributed by atoms with Crippen molar-refractivity contribution < 1.29 is 14.3 Å². The summed E-state index contributed by atoms with van der Waals surface area (Å²) in [5.74, 6) is 1.35. The number of carbonyl (C=O) groups is 1. The van der Waals surface area contributed by atoms with Gasteiger partial charge in [0.05, 0.1) is 6.61 Å². The van der Waals surface area contributed by atoms with Gasteiger partial charge in [-0.1, -0.05) is 0 Å². The minimum atomic E-state index is 0.143. The molecule has 0 aliphatic carbocycles. The molecule has 2 aliphatic rings. The first-order valence-electron chi connectivity index (χ1n) is 6.22. The summed E-state index contributed by atoms with van der Waals surface area (Å²) < 4.78 is 10.7. The number of Topliss-reactive ketones (excluding diaryl/α,β-unsaturated/α-hetero) is 1. The fourth-order valence-corrected chi connectivity index (χ4v) is 2.54. The summed E-state index contributed by atoms with van der Waals surface area (Å²) >= 11 is 0. The van der Waals surface area contributed by atoms with Gasteiger partial charge in [-0.15, -0.1) is 0 Å². The summed E-state index contributed by atoms with van der Waals surface area (Å²) in [6.45, 7) is 2.17. The summed E-state index contributed by atoms with van der Waals surface area (Å²) in [5.41, 5.74) is 2.00. The summed E-state index contributed by atoms with van der Waals surface area (Å²) in [7, 11) is 0. The van der Waals surface area contributed by atoms with Crippen LogP contribution in [0.1, 0.15) is 28.8 Å². The molecule has 2 heterocycles. The van der Waals surface area contributed by atoms with Crippen molar-refractivity contribution in [3.63, 3.8) is 0 Å². The first kappa shape index (κ1) is 10.8. The Kier molecular flexibility index (Phi) is 2.85. The molecule has 2 aliphatic heterocycles. The Morgan fingerprint density at radius 2 is 2.00 bits per heavy atom. The SMILES string of the molecule is O=C(c1ccc2c(c1)CCO2)C1CCOCC1. The van der Waals surface area contributed by atoms with Crippen molar-refractivity contribution in [2.75, 3.05) is 19.8 Å². The number of carbonyl (C=O) groups excluding carboxylic acids is 1. The van der Waals surface area contributed by atoms with Crippen LogP contribution in [0.4, 0.5) is 0 Å². The Hall–Kier alpha value is -1.35. The van der Waals surface area contributed by atoms with Crippen molar-refractivity contribution in [1.82, 2.24) is 0 Å². The van der Waals surface area contributed by atoms with Gasteiger partial charge in [0.25, 0.3) is 0 Å². The number of benzene rings is 1. The van der Waals surface area contributed by atoms with E-state index in [9.17, 15) is 4.79 Å². The summed E-state index contributed by atoms with van der Waals surface area (Å²) in [6, 6.07) is 5.82. The normalized spacial score (nSPS) is 19.8. The minimum Gasteiger partial charge on any atom is -0.493 e. The second-order valence-electron chi connectivity index (χ2n) is 4.67. The lowest BCUT2D eigenvalue weighted by molar-refractivity contribution is 0.0545. The molecule has 3 nitrogen and oxygen atoms in total. The van der Waals surface area contributed by atoms with Gasteiger partial charge >= 0.3 is 0 Å². The molecule has 1 saturated heterocycles. The van der Waals surface area contributed by atoms with Crippen molar-refractivity contribution in [3.8, 4) is 5.75 Å². The van der Waals surface area contributed by atoms with E-state index in [0.29, 0.717) is 13.2 Å². The van der Waals surface area contributed by atoms with Crippen LogP contribution in [0.3, 0.4) is 0 Å². The first-order chi connectivity index (χ1) is 8.34. The molecule has 1 aromatic rings. The molecule has 0 aromatic heterocycles. The Morgan fingerprint density at radius 3 is 2.82 bits per heavy atom. The lowest BCUT2D eigenvalue weighted by Gasteiger charge is -2.20. The molecule has 0 saturated carbocycles. The van der Waals surface area contributed by atoms with Crippen molar-refractivity contribution >= 4 is 5.78 Å². The van der Waals surface area contributed by atoms with E-state index in [1.807, 2.05) is 18.2 Å². The molecule has 3 heteroatoms. The summed E-state index contributed by atoms with van der Waals surface area (Å²) in [5, 5.41) is 0. The van der Waals surface area contributed by atoms with Crippen molar-refractivity contribution in [1.29, 1.82) is 0 Å². The van der Waals surface area contributed by atoms with Gasteiger partial charge < -0.3 is 9.47 Å². The van der Waals surface area contributed by atoms with Gasteiger partial charge in [-0.25, -0.2) is 0 Å². The van der Waals surface area contributed by atoms with Crippen LogP contribution in [-0.2, 0) is 11.2 Å². The second kappa shape index (κ2) is 4.49. The summed E-state index contributed by atoms with van der Waals surface area (Å²) in [6.07, 6.45) is 2.63. The molecule has 1 fully saturated rings. The van der Waals surface area contributed by atoms with E-state index in [1.54, 1.807) is 0 Å². The highest BCUT2D eigenvalue weighted by Crippen LogP contribution is 2.28. The fourth-order valence-electron chi connectivity index (χ4n) is 2.54. The Labute approximate surface area is 101 Å². The number of ketones is 1. The predicted molar refractivity (Wildman–Crippen MR) is 63.5 cm³/mol. The van der Waals surface area contributed by atoms with Gasteiger partial charge in [0, 0.05) is 31.1 Å². The third-order valence-electron chi connectivity index (χ3n) is 3.57. The average Bonchev–Trinajstić information content (AvgIpc) is 2.86. The molecule has 0 radical (unpaired) electrons. The van der Waals surface area contributed by atoms with E-state index in [0.717, 1.165) is 37.2 Å². The van der Waals surface area contributed by atoms with Crippen LogP contribution < -0.4 is 4.74 Å². The van der Waals surface area contributed by atoms with Crippen LogP contribution in [0, 0.1) is 5.92 Å². The molecular weight excluding hydrogens is 216 g/mol. The topological polar surface area (TPSA) is 35.5 Å². The standard InChI is InChI=1S/C14H16O3/c15-14(10-3-6-16-7-4-10)12-1-2-13-11(9-12)5-8-17-13/h1-2,9-10H,3-8H2. The molecule has 90 valence electrons. The zero-order valence-corrected chi connectivity index (χ0v) is 9.78. The van der Waals surface area contributed by atoms with Crippen molar-refractivity contribution in [3.05, 3.63) is 29.3 Å². The van der Waals surface area contributed by atoms with Gasteiger partial charge in [-0.2, -0.15) is 0 Å². The van der Waals surface area contributed by atoms with Crippen LogP contribution in [-0.4, -0.2) is 25.6 Å². The molecule has 1 aromatic carbocycles. The molecule has 0 N–H and O–H groups in total. The third-order valence-corrected chi connectivity index (χ3v) is 3.57. The number of rotatable bonds is 2. The maximum Gasteiger partial charge on any atom is 0.166 e. The van der Waals surface area contributed by atoms with Gasteiger partial charge in [0.2, 0.25) is 0 Å². The number of hydrogen-bond acceptors (Lipinski definition) is 3. The van der Waals surface area contributed by atoms with E-state index >= 15 is 0 Å². The smallest absolute Gasteiger partial charge is 0.166 e. The Bertz CT molecular complexity index is 433. The van der Waals surface area contributed by atoms with E-state index in [2.05, 4.69) is 0 Å². The zero-order chi connectivity index (χ0) is 11.7. The monoisotopic (exact) mass is 232 g/mol. The van der Waals surface area contributed by atoms with Crippen molar-refractivity contribution in [2.24, 2.45) is 5.92 Å². The third kappa shape index (κ3) is 2.07. The highest BCUT2D eigenvalue weighted by Gasteiger charge is 2.24. The highest BCUT2D eigenvalue weighted by atomic mass is 16.5. The highest BCUT2D eigenvalue weighted by molar-refractivity contribution is 5.98. The van der Waals surface area contributed by atoms with Gasteiger partial charge in [-0.05, 0) is 36.6 Å². The fraction of sp³-hybridized carbons (Fsp3) is 0.500. The van der Waals surface area contributed by atoms with E-state index in [-0.39, 0.29) is 11.7 Å². The molecule has 0 spiro atoms. The molecular formula is C14H16O3. The minimum absolute atomic E-state index is 0.143. The van der Waals surface area contributed by atoms with Crippen LogP contribution in [0.15, 0.2) is 18.2 Å². The number of ether oxygens (including phenoxy) is 2. The van der Waals surface area contributed by atoms with Crippen LogP contribution >= 0.6 is 0 Å². The maximum absolute atomic E-state index is 12.3. The Balaban J connectivity index is 1.81. The molecule has 0 bridgehead atoms. The zero-order valence-electron chi connectivity index (χ0n) is 9.78. The largest absolute Gasteiger partial charge is 0.493 e. The molecule has 0 unspecified atom stereocenters. The van der Waals surface area contributed by atoms with E-state index in [1.165, 1.54) is 5.56 Å². The number of fused-ring (bicyclic) bond motifs is 1. The van der Waals surface area contributed by atoms with E-state index in [4.69, 9.17) is 9.47 Å². The van der Waals surface area contributed by atoms with Crippen LogP contribution in [0.25, 0.3) is 0 Å². The second-order valence-corrected chi connectivity index (χ2v) is 4.67. The molecule has 0 atom stereocenters.